The van der Waals surface area contributed by atoms with E-state index in [1.807, 2.05) is 44.2 Å². The summed E-state index contributed by atoms with van der Waals surface area (Å²) in [6.07, 6.45) is 3.50. The van der Waals surface area contributed by atoms with Crippen LogP contribution in [0.4, 0.5) is 0 Å². The van der Waals surface area contributed by atoms with Crippen molar-refractivity contribution in [3.05, 3.63) is 59.9 Å². The monoisotopic (exact) mass is 351 g/mol. The van der Waals surface area contributed by atoms with Crippen LogP contribution in [0.25, 0.3) is 11.0 Å². The number of fused-ring (bicyclic) bond motifs is 1. The summed E-state index contributed by atoms with van der Waals surface area (Å²) in [5.41, 5.74) is 7.45. The van der Waals surface area contributed by atoms with E-state index in [0.717, 1.165) is 10.9 Å². The van der Waals surface area contributed by atoms with E-state index in [1.165, 1.54) is 6.20 Å². The Morgan fingerprint density at radius 2 is 1.92 bits per heavy atom. The molecular formula is C19H21N5O2. The molecule has 0 saturated carbocycles. The van der Waals surface area contributed by atoms with Gasteiger partial charge in [-0.05, 0) is 25.5 Å². The van der Waals surface area contributed by atoms with E-state index in [4.69, 9.17) is 5.73 Å². The fourth-order valence-electron chi connectivity index (χ4n) is 2.76. The van der Waals surface area contributed by atoms with Crippen LogP contribution in [0.1, 0.15) is 35.8 Å². The maximum absolute atomic E-state index is 12.5. The van der Waals surface area contributed by atoms with Crippen LogP contribution in [-0.4, -0.2) is 32.6 Å². The second-order valence-corrected chi connectivity index (χ2v) is 6.44. The van der Waals surface area contributed by atoms with Gasteiger partial charge in [0.2, 0.25) is 5.91 Å². The highest BCUT2D eigenvalue weighted by atomic mass is 16.2. The zero-order chi connectivity index (χ0) is 18.7. The molecule has 3 N–H and O–H groups in total. The molecule has 1 aromatic carbocycles. The largest absolute Gasteiger partial charge is 0.368 e. The second kappa shape index (κ2) is 7.35. The summed E-state index contributed by atoms with van der Waals surface area (Å²) in [4.78, 5) is 28.6. The Hall–Kier alpha value is -3.22. The fraction of sp³-hybridized carbons (Fsp3) is 0.263. The van der Waals surface area contributed by atoms with Crippen molar-refractivity contribution in [1.82, 2.24) is 20.1 Å². The van der Waals surface area contributed by atoms with E-state index >= 15 is 0 Å². The average molecular weight is 351 g/mol. The molecule has 2 amide bonds. The summed E-state index contributed by atoms with van der Waals surface area (Å²) in [6, 6.07) is 10.5. The van der Waals surface area contributed by atoms with Crippen molar-refractivity contribution in [2.75, 3.05) is 0 Å². The third-order valence-corrected chi connectivity index (χ3v) is 4.12. The minimum atomic E-state index is -0.793. The van der Waals surface area contributed by atoms with Crippen LogP contribution in [0, 0.1) is 0 Å². The number of hydrogen-bond donors (Lipinski definition) is 2. The molecule has 0 radical (unpaired) electrons. The molecule has 2 aromatic heterocycles. The molecule has 0 fully saturated rings. The molecule has 0 bridgehead atoms. The molecule has 0 aliphatic heterocycles. The predicted octanol–water partition coefficient (Wildman–Crippen LogP) is 1.84. The number of hydrogen-bond acceptors (Lipinski definition) is 4. The van der Waals surface area contributed by atoms with Gasteiger partial charge in [-0.25, -0.2) is 9.67 Å². The lowest BCUT2D eigenvalue weighted by Crippen LogP contribution is -2.45. The SMILES string of the molecule is CC(C)n1ncc2cc(C(=O)NC(Cc3ccccc3)C(N)=O)cnc21. The highest BCUT2D eigenvalue weighted by Gasteiger charge is 2.20. The topological polar surface area (TPSA) is 103 Å². The van der Waals surface area contributed by atoms with Gasteiger partial charge in [-0.15, -0.1) is 0 Å². The molecule has 0 aliphatic rings. The molecular weight excluding hydrogens is 330 g/mol. The number of benzene rings is 1. The van der Waals surface area contributed by atoms with Crippen molar-refractivity contribution in [2.45, 2.75) is 32.4 Å². The predicted molar refractivity (Wildman–Crippen MR) is 98.5 cm³/mol. The first-order chi connectivity index (χ1) is 12.5. The quantitative estimate of drug-likeness (QED) is 0.707. The maximum atomic E-state index is 12.5. The van der Waals surface area contributed by atoms with Crippen LogP contribution >= 0.6 is 0 Å². The maximum Gasteiger partial charge on any atom is 0.253 e. The van der Waals surface area contributed by atoms with E-state index in [0.29, 0.717) is 17.6 Å². The average Bonchev–Trinajstić information content (AvgIpc) is 3.05. The first-order valence-corrected chi connectivity index (χ1v) is 8.43. The summed E-state index contributed by atoms with van der Waals surface area (Å²) in [5.74, 6) is -0.972. The van der Waals surface area contributed by atoms with Gasteiger partial charge in [0, 0.05) is 24.0 Å². The van der Waals surface area contributed by atoms with Crippen LogP contribution < -0.4 is 11.1 Å². The third kappa shape index (κ3) is 3.72. The Morgan fingerprint density at radius 1 is 1.19 bits per heavy atom. The molecule has 3 aromatic rings. The van der Waals surface area contributed by atoms with Crippen LogP contribution in [0.3, 0.4) is 0 Å². The lowest BCUT2D eigenvalue weighted by Gasteiger charge is -2.15. The second-order valence-electron chi connectivity index (χ2n) is 6.44. The number of amides is 2. The zero-order valence-corrected chi connectivity index (χ0v) is 14.7. The summed E-state index contributed by atoms with van der Waals surface area (Å²) < 4.78 is 1.79. The number of primary amides is 1. The molecule has 7 heteroatoms. The number of nitrogens with two attached hydrogens (primary N) is 1. The Bertz CT molecular complexity index is 934. The molecule has 1 atom stereocenters. The van der Waals surface area contributed by atoms with Gasteiger partial charge >= 0.3 is 0 Å². The van der Waals surface area contributed by atoms with Crippen LogP contribution in [-0.2, 0) is 11.2 Å². The number of nitrogens with one attached hydrogen (secondary N) is 1. The lowest BCUT2D eigenvalue weighted by molar-refractivity contribution is -0.119. The molecule has 0 aliphatic carbocycles. The van der Waals surface area contributed by atoms with Gasteiger partial charge in [-0.1, -0.05) is 30.3 Å². The minimum Gasteiger partial charge on any atom is -0.368 e. The molecule has 2 heterocycles. The van der Waals surface area contributed by atoms with Crippen molar-refractivity contribution in [3.63, 3.8) is 0 Å². The number of carbonyl (C=O) groups is 2. The number of rotatable bonds is 6. The summed E-state index contributed by atoms with van der Waals surface area (Å²) >= 11 is 0. The van der Waals surface area contributed by atoms with Gasteiger partial charge in [0.25, 0.3) is 5.91 Å². The van der Waals surface area contributed by atoms with Gasteiger partial charge in [0.05, 0.1) is 11.8 Å². The van der Waals surface area contributed by atoms with Crippen LogP contribution in [0.5, 0.6) is 0 Å². The Morgan fingerprint density at radius 3 is 2.58 bits per heavy atom. The fourth-order valence-corrected chi connectivity index (χ4v) is 2.76. The molecule has 3 rings (SSSR count). The highest BCUT2D eigenvalue weighted by Crippen LogP contribution is 2.16. The van der Waals surface area contributed by atoms with Crippen molar-refractivity contribution >= 4 is 22.8 Å². The van der Waals surface area contributed by atoms with Crippen molar-refractivity contribution < 1.29 is 9.59 Å². The van der Waals surface area contributed by atoms with Gasteiger partial charge in [0.15, 0.2) is 5.65 Å². The first kappa shape index (κ1) is 17.6. The summed E-state index contributed by atoms with van der Waals surface area (Å²) in [5, 5.41) is 7.75. The number of pyridine rings is 1. The standard InChI is InChI=1S/C19H21N5O2/c1-12(2)24-18-14(11-22-24)9-15(10-21-18)19(26)23-16(17(20)25)8-13-6-4-3-5-7-13/h3-7,9-12,16H,8H2,1-2H3,(H2,20,25)(H,23,26). The smallest absolute Gasteiger partial charge is 0.253 e. The molecule has 0 saturated heterocycles. The third-order valence-electron chi connectivity index (χ3n) is 4.12. The van der Waals surface area contributed by atoms with Crippen LogP contribution in [0.15, 0.2) is 48.8 Å². The Labute approximate surface area is 151 Å². The van der Waals surface area contributed by atoms with Gasteiger partial charge in [-0.2, -0.15) is 5.10 Å². The number of aromatic nitrogens is 3. The molecule has 134 valence electrons. The molecule has 26 heavy (non-hydrogen) atoms. The van der Waals surface area contributed by atoms with Gasteiger partial charge < -0.3 is 11.1 Å². The van der Waals surface area contributed by atoms with E-state index in [1.54, 1.807) is 16.9 Å². The van der Waals surface area contributed by atoms with E-state index in [-0.39, 0.29) is 6.04 Å². The Kier molecular flexibility index (Phi) is 4.97. The van der Waals surface area contributed by atoms with E-state index in [2.05, 4.69) is 15.4 Å². The van der Waals surface area contributed by atoms with Crippen molar-refractivity contribution in [2.24, 2.45) is 5.73 Å². The molecule has 1 unspecified atom stereocenters. The van der Waals surface area contributed by atoms with Gasteiger partial charge in [0.1, 0.15) is 6.04 Å². The normalized spacial score (nSPS) is 12.3. The first-order valence-electron chi connectivity index (χ1n) is 8.43. The van der Waals surface area contributed by atoms with Crippen molar-refractivity contribution in [1.29, 1.82) is 0 Å². The molecule has 7 nitrogen and oxygen atoms in total. The van der Waals surface area contributed by atoms with Gasteiger partial charge in [-0.3, -0.25) is 9.59 Å². The lowest BCUT2D eigenvalue weighted by atomic mass is 10.1. The Balaban J connectivity index is 1.79. The minimum absolute atomic E-state index is 0.171. The highest BCUT2D eigenvalue weighted by molar-refractivity contribution is 5.99. The zero-order valence-electron chi connectivity index (χ0n) is 14.7. The van der Waals surface area contributed by atoms with Crippen LogP contribution in [0.2, 0.25) is 0 Å². The molecule has 0 spiro atoms. The van der Waals surface area contributed by atoms with E-state index < -0.39 is 17.9 Å². The van der Waals surface area contributed by atoms with E-state index in [9.17, 15) is 9.59 Å². The van der Waals surface area contributed by atoms with Crippen molar-refractivity contribution in [3.8, 4) is 0 Å². The summed E-state index contributed by atoms with van der Waals surface area (Å²) in [7, 11) is 0. The number of nitrogens with zero attached hydrogens (tertiary/aromatic N) is 3. The summed E-state index contributed by atoms with van der Waals surface area (Å²) in [6.45, 7) is 4.02. The number of carbonyl (C=O) groups excluding carboxylic acids is 2.